The number of rotatable bonds is 8. The van der Waals surface area contributed by atoms with E-state index in [1.54, 1.807) is 0 Å². The van der Waals surface area contributed by atoms with E-state index >= 15 is 0 Å². The Morgan fingerprint density at radius 1 is 0.947 bits per heavy atom. The van der Waals surface area contributed by atoms with E-state index in [0.717, 1.165) is 5.75 Å². The normalized spacial score (nSPS) is 14.5. The van der Waals surface area contributed by atoms with Gasteiger partial charge in [0.25, 0.3) is 0 Å². The standard InChI is InChI=1S/C15H31PS3/c1-8-9-10-19-15(18)14(17)16(11(2)3,12(4)5)13(6)7/h11-13H,8-10H2,1-7H3,(H-,17,18)/p+1/b15-14+. The third-order valence-corrected chi connectivity index (χ3v) is 13.4. The minimum Gasteiger partial charge on any atom is -0.132 e. The first-order valence-electron chi connectivity index (χ1n) is 7.36. The highest BCUT2D eigenvalue weighted by atomic mass is 32.2. The molecule has 0 spiro atoms. The van der Waals surface area contributed by atoms with Crippen LogP contribution in [0.4, 0.5) is 0 Å². The Morgan fingerprint density at radius 3 is 1.68 bits per heavy atom. The highest BCUT2D eigenvalue weighted by molar-refractivity contribution is 8.17. The zero-order valence-corrected chi connectivity index (χ0v) is 17.1. The predicted octanol–water partition coefficient (Wildman–Crippen LogP) is 6.75. The van der Waals surface area contributed by atoms with Crippen LogP contribution in [0.5, 0.6) is 0 Å². The minimum atomic E-state index is -1.26. The van der Waals surface area contributed by atoms with E-state index in [9.17, 15) is 0 Å². The Labute approximate surface area is 137 Å². The lowest BCUT2D eigenvalue weighted by atomic mass is 10.4. The van der Waals surface area contributed by atoms with Crippen LogP contribution in [0.1, 0.15) is 61.3 Å². The molecule has 0 unspecified atom stereocenters. The first kappa shape index (κ1) is 20.2. The van der Waals surface area contributed by atoms with E-state index in [2.05, 4.69) is 48.5 Å². The third-order valence-electron chi connectivity index (χ3n) is 3.86. The van der Waals surface area contributed by atoms with E-state index in [0.29, 0.717) is 17.0 Å². The SMILES string of the molecule is CCCCS/C(S)=C(/S)[P+](C(C)C)(C(C)C)C(C)C. The summed E-state index contributed by atoms with van der Waals surface area (Å²) in [6.45, 7) is 16.4. The molecule has 0 aromatic carbocycles. The van der Waals surface area contributed by atoms with Crippen molar-refractivity contribution in [1.82, 2.24) is 0 Å². The van der Waals surface area contributed by atoms with Crippen molar-refractivity contribution >= 4 is 44.3 Å². The molecule has 0 aromatic rings. The summed E-state index contributed by atoms with van der Waals surface area (Å²) in [6.07, 6.45) is 2.50. The Kier molecular flexibility index (Phi) is 9.88. The van der Waals surface area contributed by atoms with E-state index in [1.807, 2.05) is 11.8 Å². The fourth-order valence-electron chi connectivity index (χ4n) is 3.07. The Balaban J connectivity index is 5.42. The van der Waals surface area contributed by atoms with Crippen molar-refractivity contribution in [3.63, 3.8) is 0 Å². The number of thiol groups is 2. The van der Waals surface area contributed by atoms with Gasteiger partial charge >= 0.3 is 0 Å². The van der Waals surface area contributed by atoms with E-state index in [-0.39, 0.29) is 0 Å². The second-order valence-corrected chi connectivity index (χ2v) is 13.8. The van der Waals surface area contributed by atoms with Crippen LogP contribution in [-0.4, -0.2) is 22.7 Å². The van der Waals surface area contributed by atoms with Crippen LogP contribution in [0.2, 0.25) is 0 Å². The van der Waals surface area contributed by atoms with Gasteiger partial charge in [-0.3, -0.25) is 0 Å². The Morgan fingerprint density at radius 2 is 1.37 bits per heavy atom. The number of hydrogen-bond acceptors (Lipinski definition) is 3. The largest absolute Gasteiger partial charge is 0.144 e. The van der Waals surface area contributed by atoms with Crippen LogP contribution in [0.25, 0.3) is 0 Å². The van der Waals surface area contributed by atoms with Gasteiger partial charge in [-0.25, -0.2) is 0 Å². The summed E-state index contributed by atoms with van der Waals surface area (Å²) < 4.78 is 2.47. The average molecular weight is 340 g/mol. The highest BCUT2D eigenvalue weighted by Crippen LogP contribution is 2.77. The topological polar surface area (TPSA) is 0 Å². The van der Waals surface area contributed by atoms with Crippen molar-refractivity contribution in [3.05, 3.63) is 8.88 Å². The molecular weight excluding hydrogens is 307 g/mol. The molecule has 0 aliphatic rings. The predicted molar refractivity (Wildman–Crippen MR) is 105 cm³/mol. The average Bonchev–Trinajstić information content (AvgIpc) is 2.28. The molecule has 0 N–H and O–H groups in total. The smallest absolute Gasteiger partial charge is 0.132 e. The van der Waals surface area contributed by atoms with E-state index < -0.39 is 7.26 Å². The molecule has 114 valence electrons. The first-order chi connectivity index (χ1) is 8.72. The van der Waals surface area contributed by atoms with Crippen molar-refractivity contribution in [3.8, 4) is 0 Å². The Hall–Kier alpha value is 1.22. The molecule has 0 aliphatic heterocycles. The van der Waals surface area contributed by atoms with E-state index in [1.165, 1.54) is 21.7 Å². The van der Waals surface area contributed by atoms with Gasteiger partial charge in [0.2, 0.25) is 0 Å². The van der Waals surface area contributed by atoms with E-state index in [4.69, 9.17) is 25.3 Å². The van der Waals surface area contributed by atoms with Crippen molar-refractivity contribution < 1.29 is 0 Å². The molecule has 0 rings (SSSR count). The van der Waals surface area contributed by atoms with Gasteiger partial charge in [0, 0.05) is 0 Å². The summed E-state index contributed by atoms with van der Waals surface area (Å²) >= 11 is 11.6. The summed E-state index contributed by atoms with van der Waals surface area (Å²) in [5, 5.41) is 0. The number of unbranched alkanes of at least 4 members (excludes halogenated alkanes) is 1. The third kappa shape index (κ3) is 4.87. The molecule has 0 nitrogen and oxygen atoms in total. The Bertz CT molecular complexity index is 274. The van der Waals surface area contributed by atoms with Gasteiger partial charge in [0.05, 0.1) is 28.5 Å². The molecule has 0 atom stereocenters. The summed E-state index contributed by atoms with van der Waals surface area (Å²) in [6, 6.07) is 0. The van der Waals surface area contributed by atoms with Crippen LogP contribution in [0.15, 0.2) is 8.88 Å². The van der Waals surface area contributed by atoms with Crippen molar-refractivity contribution in [1.29, 1.82) is 0 Å². The maximum absolute atomic E-state index is 4.96. The fraction of sp³-hybridized carbons (Fsp3) is 0.867. The lowest BCUT2D eigenvalue weighted by Gasteiger charge is -2.38. The highest BCUT2D eigenvalue weighted by Gasteiger charge is 2.51. The van der Waals surface area contributed by atoms with Crippen molar-refractivity contribution in [2.24, 2.45) is 0 Å². The molecule has 4 heteroatoms. The molecule has 0 fully saturated rings. The van der Waals surface area contributed by atoms with Crippen LogP contribution in [0, 0.1) is 0 Å². The maximum atomic E-state index is 4.96. The molecule has 0 aromatic heterocycles. The second kappa shape index (κ2) is 9.28. The molecule has 19 heavy (non-hydrogen) atoms. The molecule has 0 saturated heterocycles. The lowest BCUT2D eigenvalue weighted by molar-refractivity contribution is 0.897. The number of hydrogen-bond donors (Lipinski definition) is 2. The summed E-state index contributed by atoms with van der Waals surface area (Å²) in [5.74, 6) is 1.16. The molecule has 0 heterocycles. The summed E-state index contributed by atoms with van der Waals surface area (Å²) in [5.41, 5.74) is 2.02. The van der Waals surface area contributed by atoms with Crippen LogP contribution < -0.4 is 0 Å². The van der Waals surface area contributed by atoms with Crippen LogP contribution >= 0.6 is 44.3 Å². The van der Waals surface area contributed by atoms with Crippen molar-refractivity contribution in [2.75, 3.05) is 5.75 Å². The molecule has 0 bridgehead atoms. The molecule has 0 saturated carbocycles. The van der Waals surface area contributed by atoms with Gasteiger partial charge in [-0.15, -0.1) is 37.0 Å². The van der Waals surface area contributed by atoms with Crippen molar-refractivity contribution in [2.45, 2.75) is 78.3 Å². The lowest BCUT2D eigenvalue weighted by Crippen LogP contribution is -2.23. The molecule has 0 amide bonds. The first-order valence-corrected chi connectivity index (χ1v) is 11.2. The quantitative estimate of drug-likeness (QED) is 0.280. The van der Waals surface area contributed by atoms with Gasteiger partial charge in [0.1, 0.15) is 4.65 Å². The zero-order chi connectivity index (χ0) is 15.2. The number of thioether (sulfide) groups is 1. The van der Waals surface area contributed by atoms with Gasteiger partial charge in [-0.2, -0.15) is 0 Å². The van der Waals surface area contributed by atoms with Gasteiger partial charge in [0.15, 0.2) is 0 Å². The fourth-order valence-corrected chi connectivity index (χ4v) is 12.9. The van der Waals surface area contributed by atoms with Gasteiger partial charge < -0.3 is 0 Å². The second-order valence-electron chi connectivity index (χ2n) is 5.95. The monoisotopic (exact) mass is 339 g/mol. The minimum absolute atomic E-state index is 0.675. The van der Waals surface area contributed by atoms with Crippen LogP contribution in [0.3, 0.4) is 0 Å². The molecule has 0 aliphatic carbocycles. The molecule has 0 radical (unpaired) electrons. The summed E-state index contributed by atoms with van der Waals surface area (Å²) in [7, 11) is -1.26. The van der Waals surface area contributed by atoms with Gasteiger partial charge in [-0.1, -0.05) is 13.3 Å². The van der Waals surface area contributed by atoms with Gasteiger partial charge in [-0.05, 0) is 53.7 Å². The van der Waals surface area contributed by atoms with Crippen LogP contribution in [-0.2, 0) is 0 Å². The molecular formula is C15H32PS3+. The zero-order valence-electron chi connectivity index (χ0n) is 13.6. The summed E-state index contributed by atoms with van der Waals surface area (Å²) in [4.78, 5) is 0. The maximum Gasteiger partial charge on any atom is 0.144 e.